The van der Waals surface area contributed by atoms with Gasteiger partial charge in [-0.05, 0) is 13.8 Å². The molecule has 0 bridgehead atoms. The van der Waals surface area contributed by atoms with E-state index in [-0.39, 0.29) is 0 Å². The summed E-state index contributed by atoms with van der Waals surface area (Å²) in [5.41, 5.74) is 16.8. The first-order valence-electron chi connectivity index (χ1n) is 5.64. The Morgan fingerprint density at radius 1 is 1.11 bits per heavy atom. The third-order valence-corrected chi connectivity index (χ3v) is 3.18. The van der Waals surface area contributed by atoms with Crippen molar-refractivity contribution >= 4 is 30.2 Å². The molecular weight excluding hydrogens is 452 g/mol. The zero-order chi connectivity index (χ0) is 14.2. The van der Waals surface area contributed by atoms with Gasteiger partial charge < -0.3 is 16.0 Å². The van der Waals surface area contributed by atoms with Gasteiger partial charge in [0.1, 0.15) is 6.54 Å². The molecule has 106 valence electrons. The molecule has 0 aliphatic heterocycles. The molecular formula is C12H20Cl2N3Pt+. The first kappa shape index (κ1) is 18.0. The maximum atomic E-state index is 7.59. The van der Waals surface area contributed by atoms with E-state index in [0.29, 0.717) is 11.4 Å². The molecule has 0 atom stereocenters. The summed E-state index contributed by atoms with van der Waals surface area (Å²) in [6.07, 6.45) is 0. The van der Waals surface area contributed by atoms with Gasteiger partial charge in [0.05, 0.1) is 20.1 Å². The van der Waals surface area contributed by atoms with E-state index in [1.807, 2.05) is 12.1 Å². The molecule has 0 saturated carbocycles. The molecule has 3 nitrogen and oxygen atoms in total. The fourth-order valence-electron chi connectivity index (χ4n) is 1.58. The minimum absolute atomic E-state index is 0.306. The van der Waals surface area contributed by atoms with Crippen LogP contribution in [0.2, 0.25) is 0 Å². The van der Waals surface area contributed by atoms with E-state index in [1.165, 1.54) is 0 Å². The van der Waals surface area contributed by atoms with Crippen LogP contribution in [-0.2, 0) is 23.0 Å². The number of benzene rings is 1. The summed E-state index contributed by atoms with van der Waals surface area (Å²) < 4.78 is 0.983. The molecule has 0 unspecified atom stereocenters. The fourth-order valence-corrected chi connectivity index (χ4v) is 1.58. The van der Waals surface area contributed by atoms with Crippen molar-refractivity contribution in [1.29, 1.82) is 0 Å². The molecule has 1 aromatic carbocycles. The van der Waals surface area contributed by atoms with Crippen molar-refractivity contribution in [2.24, 2.45) is 0 Å². The molecule has 0 spiro atoms. The van der Waals surface area contributed by atoms with Gasteiger partial charge in [-0.2, -0.15) is 11.4 Å². The molecule has 1 aromatic rings. The molecule has 0 radical (unpaired) electrons. The monoisotopic (exact) mass is 471 g/mol. The average molecular weight is 472 g/mol. The molecule has 0 amide bonds. The molecule has 0 saturated heterocycles. The van der Waals surface area contributed by atoms with Crippen LogP contribution in [0.3, 0.4) is 0 Å². The van der Waals surface area contributed by atoms with Crippen LogP contribution in [0.25, 0.3) is 11.5 Å². The molecule has 0 aliphatic carbocycles. The predicted octanol–water partition coefficient (Wildman–Crippen LogP) is 5.42. The molecule has 6 heteroatoms. The summed E-state index contributed by atoms with van der Waals surface area (Å²) in [4.78, 5) is 0. The number of rotatable bonds is 4. The van der Waals surface area contributed by atoms with Crippen LogP contribution in [0.15, 0.2) is 18.2 Å². The van der Waals surface area contributed by atoms with Crippen LogP contribution >= 0.6 is 18.8 Å². The van der Waals surface area contributed by atoms with E-state index in [9.17, 15) is 0 Å². The van der Waals surface area contributed by atoms with E-state index in [4.69, 9.17) is 30.3 Å². The van der Waals surface area contributed by atoms with Gasteiger partial charge in [0.2, 0.25) is 0 Å². The molecule has 0 fully saturated rings. The van der Waals surface area contributed by atoms with Gasteiger partial charge in [-0.15, -0.1) is 0 Å². The van der Waals surface area contributed by atoms with Crippen molar-refractivity contribution in [2.75, 3.05) is 20.1 Å². The Bertz CT molecular complexity index is 357. The second kappa shape index (κ2) is 9.03. The van der Waals surface area contributed by atoms with Crippen LogP contribution in [0.1, 0.15) is 19.4 Å². The van der Waals surface area contributed by atoms with Gasteiger partial charge in [-0.3, -0.25) is 0 Å². The van der Waals surface area contributed by atoms with E-state index < -0.39 is 16.5 Å². The Kier molecular flexibility index (Phi) is 9.06. The van der Waals surface area contributed by atoms with E-state index in [2.05, 4.69) is 20.9 Å². The van der Waals surface area contributed by atoms with Crippen molar-refractivity contribution in [2.45, 2.75) is 20.4 Å². The molecule has 0 aliphatic rings. The summed E-state index contributed by atoms with van der Waals surface area (Å²) in [6.45, 7) is 7.49. The van der Waals surface area contributed by atoms with E-state index >= 15 is 0 Å². The zero-order valence-electron chi connectivity index (χ0n) is 10.9. The third kappa shape index (κ3) is 6.28. The molecule has 0 aromatic heterocycles. The van der Waals surface area contributed by atoms with Gasteiger partial charge in [-0.1, -0.05) is 18.2 Å². The third-order valence-electron chi connectivity index (χ3n) is 3.18. The molecule has 18 heavy (non-hydrogen) atoms. The normalized spacial score (nSPS) is 10.9. The summed E-state index contributed by atoms with van der Waals surface area (Å²) >= 11 is -0.472. The van der Waals surface area contributed by atoms with Gasteiger partial charge in [0, 0.05) is 5.56 Å². The quantitative estimate of drug-likeness (QED) is 0.526. The summed E-state index contributed by atoms with van der Waals surface area (Å²) in [6, 6.07) is 5.49. The van der Waals surface area contributed by atoms with Crippen LogP contribution < -0.4 is 0 Å². The van der Waals surface area contributed by atoms with Crippen molar-refractivity contribution in [1.82, 2.24) is 0 Å². The fraction of sp³-hybridized carbons (Fsp3) is 0.500. The molecule has 0 heterocycles. The minimum atomic E-state index is -0.472. The summed E-state index contributed by atoms with van der Waals surface area (Å²) in [5, 5.41) is 0. The second-order valence-electron chi connectivity index (χ2n) is 4.34. The number of quaternary nitrogens is 1. The first-order chi connectivity index (χ1) is 8.42. The second-order valence-corrected chi connectivity index (χ2v) is 7.62. The summed E-state index contributed by atoms with van der Waals surface area (Å²) in [7, 11) is 12.0. The Morgan fingerprint density at radius 2 is 1.61 bits per heavy atom. The molecule has 2 N–H and O–H groups in total. The first-order valence-corrected chi connectivity index (χ1v) is 11.3. The van der Waals surface area contributed by atoms with Gasteiger partial charge in [0.25, 0.3) is 0 Å². The zero-order valence-corrected chi connectivity index (χ0v) is 14.7. The standard InChI is InChI=1S/C12H20N3.2ClH.Pt/c1-4-15(3,5-2)9-10-6-7-11(13)12(14)8-10;;;/h6-8,13-14H,4-5,9H2,1-3H3;2*1H;/q-1;;;+4/p-2. The van der Waals surface area contributed by atoms with Gasteiger partial charge in [0.15, 0.2) is 0 Å². The van der Waals surface area contributed by atoms with Crippen molar-refractivity contribution in [3.63, 3.8) is 0 Å². The Labute approximate surface area is 126 Å². The summed E-state index contributed by atoms with van der Waals surface area (Å²) in [5.74, 6) is 0. The van der Waals surface area contributed by atoms with Crippen LogP contribution in [-0.4, -0.2) is 24.6 Å². The number of nitrogens with zero attached hydrogens (tertiary/aromatic N) is 1. The van der Waals surface area contributed by atoms with E-state index in [1.54, 1.807) is 6.07 Å². The van der Waals surface area contributed by atoms with Crippen molar-refractivity contribution in [3.8, 4) is 0 Å². The van der Waals surface area contributed by atoms with Gasteiger partial charge in [-0.25, -0.2) is 0 Å². The van der Waals surface area contributed by atoms with Crippen LogP contribution in [0.4, 0.5) is 11.4 Å². The van der Waals surface area contributed by atoms with Crippen LogP contribution in [0, 0.1) is 0 Å². The number of nitrogens with one attached hydrogen (secondary N) is 2. The number of hydrogen-bond acceptors (Lipinski definition) is 0. The number of hydrogen-bond donors (Lipinski definition) is 0. The SMILES string of the molecule is CC[N+](C)(CC)Cc1ccc([NH-])c([NH-])c1.[Cl][Pt+2][Cl]. The molecule has 1 rings (SSSR count). The van der Waals surface area contributed by atoms with Crippen LogP contribution in [0.5, 0.6) is 0 Å². The van der Waals surface area contributed by atoms with Crippen molar-refractivity contribution < 1.29 is 21.0 Å². The Morgan fingerprint density at radius 3 is 2.00 bits per heavy atom. The number of halogens is 2. The van der Waals surface area contributed by atoms with E-state index in [0.717, 1.165) is 29.7 Å². The topological polar surface area (TPSA) is 47.6 Å². The van der Waals surface area contributed by atoms with Crippen molar-refractivity contribution in [3.05, 3.63) is 35.2 Å². The predicted molar refractivity (Wildman–Crippen MR) is 77.1 cm³/mol. The Hall–Kier alpha value is 0.0483. The average Bonchev–Trinajstić information content (AvgIpc) is 2.35. The maximum absolute atomic E-state index is 7.59. The van der Waals surface area contributed by atoms with Gasteiger partial charge >= 0.3 is 35.3 Å². The Balaban J connectivity index is 0.000000873.